The monoisotopic (exact) mass is 334 g/mol. The van der Waals surface area contributed by atoms with E-state index in [1.54, 1.807) is 24.3 Å². The molecule has 0 saturated carbocycles. The van der Waals surface area contributed by atoms with Crippen LogP contribution >= 0.6 is 0 Å². The van der Waals surface area contributed by atoms with Crippen molar-refractivity contribution in [2.24, 2.45) is 0 Å². The molecule has 8 nitrogen and oxygen atoms in total. The van der Waals surface area contributed by atoms with Crippen molar-refractivity contribution < 1.29 is 17.9 Å². The number of benzene rings is 1. The van der Waals surface area contributed by atoms with E-state index in [1.165, 1.54) is 24.9 Å². The molecule has 1 aromatic carbocycles. The van der Waals surface area contributed by atoms with Crippen LogP contribution in [0, 0.1) is 0 Å². The van der Waals surface area contributed by atoms with Crippen LogP contribution in [-0.2, 0) is 9.84 Å². The predicted octanol–water partition coefficient (Wildman–Crippen LogP) is 1.24. The highest BCUT2D eigenvalue weighted by Crippen LogP contribution is 2.25. The van der Waals surface area contributed by atoms with Crippen molar-refractivity contribution in [3.8, 4) is 17.7 Å². The van der Waals surface area contributed by atoms with Gasteiger partial charge in [-0.2, -0.15) is 9.97 Å². The molecule has 3 rings (SSSR count). The van der Waals surface area contributed by atoms with Crippen LogP contribution in [0.5, 0.6) is 11.8 Å². The second-order valence-corrected chi connectivity index (χ2v) is 6.65. The zero-order valence-corrected chi connectivity index (χ0v) is 13.5. The summed E-state index contributed by atoms with van der Waals surface area (Å²) in [6.45, 7) is 0. The molecule has 0 aliphatic rings. The van der Waals surface area contributed by atoms with Gasteiger partial charge in [0, 0.05) is 6.26 Å². The maximum atomic E-state index is 12.1. The van der Waals surface area contributed by atoms with E-state index in [1.807, 2.05) is 0 Å². The molecular formula is C14H14N4O4S. The van der Waals surface area contributed by atoms with Gasteiger partial charge in [-0.1, -0.05) is 12.1 Å². The highest BCUT2D eigenvalue weighted by atomic mass is 32.2. The fraction of sp³-hybridized carbons (Fsp3) is 0.214. The number of methoxy groups -OCH3 is 2. The molecule has 2 aromatic heterocycles. The predicted molar refractivity (Wildman–Crippen MR) is 82.9 cm³/mol. The van der Waals surface area contributed by atoms with Crippen molar-refractivity contribution in [2.75, 3.05) is 20.5 Å². The highest BCUT2D eigenvalue weighted by Gasteiger charge is 2.23. The number of sulfone groups is 1. The van der Waals surface area contributed by atoms with Crippen LogP contribution < -0.4 is 9.47 Å². The average Bonchev–Trinajstić information content (AvgIpc) is 2.94. The van der Waals surface area contributed by atoms with Gasteiger partial charge in [0.15, 0.2) is 0 Å². The molecule has 0 bridgehead atoms. The smallest absolute Gasteiger partial charge is 0.243 e. The molecule has 0 aliphatic carbocycles. The normalized spacial score (nSPS) is 11.6. The number of nitrogens with zero attached hydrogens (tertiary/aromatic N) is 4. The first kappa shape index (κ1) is 15.2. The lowest BCUT2D eigenvalue weighted by Crippen LogP contribution is -2.11. The Morgan fingerprint density at radius 3 is 2.17 bits per heavy atom. The first-order chi connectivity index (χ1) is 10.9. The lowest BCUT2D eigenvalue weighted by atomic mass is 10.3. The van der Waals surface area contributed by atoms with Crippen molar-refractivity contribution in [2.45, 2.75) is 5.16 Å². The number of rotatable bonds is 4. The van der Waals surface area contributed by atoms with E-state index in [4.69, 9.17) is 9.47 Å². The minimum Gasteiger partial charge on any atom is -0.481 e. The summed E-state index contributed by atoms with van der Waals surface area (Å²) in [5, 5.41) is -0.144. The van der Waals surface area contributed by atoms with Gasteiger partial charge in [-0.25, -0.2) is 13.4 Å². The van der Waals surface area contributed by atoms with Crippen LogP contribution in [0.3, 0.4) is 0 Å². The van der Waals surface area contributed by atoms with Gasteiger partial charge in [-0.3, -0.25) is 4.57 Å². The Morgan fingerprint density at radius 1 is 1.00 bits per heavy atom. The van der Waals surface area contributed by atoms with Crippen molar-refractivity contribution in [3.05, 3.63) is 30.3 Å². The van der Waals surface area contributed by atoms with Crippen LogP contribution in [0.4, 0.5) is 0 Å². The summed E-state index contributed by atoms with van der Waals surface area (Å²) in [6, 6.07) is 8.52. The Hall–Kier alpha value is -2.68. The summed E-state index contributed by atoms with van der Waals surface area (Å²) < 4.78 is 35.8. The summed E-state index contributed by atoms with van der Waals surface area (Å²) in [5.41, 5.74) is 1.10. The third-order valence-electron chi connectivity index (χ3n) is 3.15. The average molecular weight is 334 g/mol. The zero-order valence-electron chi connectivity index (χ0n) is 12.7. The van der Waals surface area contributed by atoms with E-state index >= 15 is 0 Å². The van der Waals surface area contributed by atoms with E-state index in [0.717, 1.165) is 6.26 Å². The van der Waals surface area contributed by atoms with Gasteiger partial charge in [0.25, 0.3) is 0 Å². The van der Waals surface area contributed by atoms with E-state index in [2.05, 4.69) is 15.0 Å². The van der Waals surface area contributed by atoms with E-state index in [0.29, 0.717) is 11.0 Å². The van der Waals surface area contributed by atoms with Crippen molar-refractivity contribution in [1.82, 2.24) is 19.5 Å². The van der Waals surface area contributed by atoms with Gasteiger partial charge >= 0.3 is 0 Å². The first-order valence-corrected chi connectivity index (χ1v) is 8.48. The topological polar surface area (TPSA) is 96.2 Å². The van der Waals surface area contributed by atoms with Gasteiger partial charge in [-0.05, 0) is 12.1 Å². The fourth-order valence-electron chi connectivity index (χ4n) is 2.15. The number of ether oxygens (including phenoxy) is 2. The fourth-order valence-corrected chi connectivity index (χ4v) is 2.92. The van der Waals surface area contributed by atoms with E-state index in [-0.39, 0.29) is 22.9 Å². The zero-order chi connectivity index (χ0) is 16.6. The van der Waals surface area contributed by atoms with Crippen molar-refractivity contribution in [3.63, 3.8) is 0 Å². The van der Waals surface area contributed by atoms with Crippen LogP contribution in [0.1, 0.15) is 0 Å². The van der Waals surface area contributed by atoms with Gasteiger partial charge < -0.3 is 9.47 Å². The molecule has 0 amide bonds. The SMILES string of the molecule is COc1cc(OC)nc(-n2c(S(C)(=O)=O)nc3ccccc32)n1. The highest BCUT2D eigenvalue weighted by molar-refractivity contribution is 7.90. The number of hydrogen-bond acceptors (Lipinski definition) is 7. The maximum absolute atomic E-state index is 12.1. The summed E-state index contributed by atoms with van der Waals surface area (Å²) in [4.78, 5) is 12.6. The summed E-state index contributed by atoms with van der Waals surface area (Å²) in [6.07, 6.45) is 1.09. The minimum atomic E-state index is -3.59. The standard InChI is InChI=1S/C14H14N4O4S/c1-21-11-8-12(22-2)17-13(16-11)18-10-7-5-4-6-9(10)15-14(18)23(3,19)20/h4-8H,1-3H3. The lowest BCUT2D eigenvalue weighted by Gasteiger charge is -2.09. The molecule has 0 unspecified atom stereocenters. The van der Waals surface area contributed by atoms with Gasteiger partial charge in [0.05, 0.1) is 31.3 Å². The molecule has 0 radical (unpaired) electrons. The third-order valence-corrected chi connectivity index (χ3v) is 4.08. The number of hydrogen-bond donors (Lipinski definition) is 0. The molecule has 0 atom stereocenters. The van der Waals surface area contributed by atoms with E-state index in [9.17, 15) is 8.42 Å². The first-order valence-electron chi connectivity index (χ1n) is 6.59. The van der Waals surface area contributed by atoms with Crippen molar-refractivity contribution >= 4 is 20.9 Å². The van der Waals surface area contributed by atoms with Crippen molar-refractivity contribution in [1.29, 1.82) is 0 Å². The van der Waals surface area contributed by atoms with Crippen LogP contribution in [0.15, 0.2) is 35.5 Å². The molecule has 120 valence electrons. The molecule has 2 heterocycles. The molecule has 0 fully saturated rings. The lowest BCUT2D eigenvalue weighted by molar-refractivity contribution is 0.370. The van der Waals surface area contributed by atoms with Crippen LogP contribution in [0.2, 0.25) is 0 Å². The van der Waals surface area contributed by atoms with E-state index < -0.39 is 9.84 Å². The molecule has 23 heavy (non-hydrogen) atoms. The van der Waals surface area contributed by atoms with Gasteiger partial charge in [-0.15, -0.1) is 0 Å². The molecule has 9 heteroatoms. The van der Waals surface area contributed by atoms with Gasteiger partial charge in [0.2, 0.25) is 32.7 Å². The molecule has 0 N–H and O–H groups in total. The second kappa shape index (κ2) is 5.51. The molecule has 0 aliphatic heterocycles. The number of para-hydroxylation sites is 2. The summed E-state index contributed by atoms with van der Waals surface area (Å²) >= 11 is 0. The molecule has 0 spiro atoms. The quantitative estimate of drug-likeness (QED) is 0.708. The Labute approximate surface area is 132 Å². The Balaban J connectivity index is 2.39. The Kier molecular flexibility index (Phi) is 3.64. The number of imidazole rings is 1. The summed E-state index contributed by atoms with van der Waals surface area (Å²) in [5.74, 6) is 0.614. The second-order valence-electron chi connectivity index (χ2n) is 4.74. The maximum Gasteiger partial charge on any atom is 0.243 e. The number of aromatic nitrogens is 4. The molecule has 3 aromatic rings. The Morgan fingerprint density at radius 2 is 1.61 bits per heavy atom. The molecule has 0 saturated heterocycles. The largest absolute Gasteiger partial charge is 0.481 e. The van der Waals surface area contributed by atoms with Crippen LogP contribution in [-0.4, -0.2) is 48.4 Å². The third kappa shape index (κ3) is 2.70. The molecular weight excluding hydrogens is 320 g/mol. The summed E-state index contributed by atoms with van der Waals surface area (Å²) in [7, 11) is -0.686. The van der Waals surface area contributed by atoms with Gasteiger partial charge in [0.1, 0.15) is 0 Å². The Bertz CT molecular complexity index is 959. The minimum absolute atomic E-state index is 0.107. The number of fused-ring (bicyclic) bond motifs is 1. The van der Waals surface area contributed by atoms with Crippen LogP contribution in [0.25, 0.3) is 17.0 Å².